The molecule has 1 saturated heterocycles. The number of anilines is 1. The van der Waals surface area contributed by atoms with Gasteiger partial charge in [0.15, 0.2) is 11.5 Å². The minimum absolute atomic E-state index is 0.118. The van der Waals surface area contributed by atoms with Crippen LogP contribution < -0.4 is 10.8 Å². The maximum Gasteiger partial charge on any atom is 0.403 e. The first-order chi connectivity index (χ1) is 15.2. The molecule has 1 fully saturated rings. The van der Waals surface area contributed by atoms with Gasteiger partial charge in [0.2, 0.25) is 0 Å². The molecular formula is C16H21N8O7P. The molecule has 15 nitrogen and oxygen atoms in total. The number of carboxylic acids is 1. The fraction of sp³-hybridized carbons (Fsp3) is 0.438. The normalized spacial score (nSPS) is 23.9. The van der Waals surface area contributed by atoms with Gasteiger partial charge < -0.3 is 30.6 Å². The summed E-state index contributed by atoms with van der Waals surface area (Å²) in [6.07, 6.45) is 2.88. The van der Waals surface area contributed by atoms with Crippen molar-refractivity contribution < 1.29 is 33.7 Å². The monoisotopic (exact) mass is 468 g/mol. The minimum Gasteiger partial charge on any atom is -0.480 e. The van der Waals surface area contributed by atoms with Crippen molar-refractivity contribution in [1.82, 2.24) is 34.6 Å². The molecule has 0 bridgehead atoms. The van der Waals surface area contributed by atoms with E-state index < -0.39 is 44.8 Å². The third-order valence-corrected chi connectivity index (χ3v) is 6.05. The Balaban J connectivity index is 1.38. The van der Waals surface area contributed by atoms with Crippen LogP contribution in [0.2, 0.25) is 0 Å². The maximum absolute atomic E-state index is 12.4. The quantitative estimate of drug-likeness (QED) is 0.211. The number of H-pyrrole nitrogens is 1. The lowest BCUT2D eigenvalue weighted by molar-refractivity contribution is -0.139. The van der Waals surface area contributed by atoms with Gasteiger partial charge in [-0.1, -0.05) is 0 Å². The third-order valence-electron chi connectivity index (χ3n) is 4.91. The smallest absolute Gasteiger partial charge is 0.403 e. The van der Waals surface area contributed by atoms with Crippen LogP contribution in [-0.4, -0.2) is 75.4 Å². The van der Waals surface area contributed by atoms with E-state index in [0.29, 0.717) is 16.9 Å². The summed E-state index contributed by atoms with van der Waals surface area (Å²) in [6, 6.07) is -1.41. The molecule has 0 aliphatic carbocycles. The molecule has 0 aromatic carbocycles. The third kappa shape index (κ3) is 4.77. The van der Waals surface area contributed by atoms with Gasteiger partial charge in [-0.25, -0.2) is 29.6 Å². The summed E-state index contributed by atoms with van der Waals surface area (Å²) < 4.78 is 24.7. The van der Waals surface area contributed by atoms with Crippen molar-refractivity contribution in [3.63, 3.8) is 0 Å². The summed E-state index contributed by atoms with van der Waals surface area (Å²) in [7, 11) is -4.54. The van der Waals surface area contributed by atoms with E-state index in [4.69, 9.17) is 15.0 Å². The maximum atomic E-state index is 12.4. The second kappa shape index (κ2) is 8.90. The average Bonchev–Trinajstić information content (AvgIpc) is 3.46. The fourth-order valence-electron chi connectivity index (χ4n) is 3.33. The van der Waals surface area contributed by atoms with Crippen LogP contribution in [0.1, 0.15) is 18.3 Å². The number of nitrogens with zero attached hydrogens (tertiary/aromatic N) is 5. The predicted molar refractivity (Wildman–Crippen MR) is 107 cm³/mol. The highest BCUT2D eigenvalue weighted by molar-refractivity contribution is 7.50. The van der Waals surface area contributed by atoms with Crippen molar-refractivity contribution in [2.45, 2.75) is 37.3 Å². The van der Waals surface area contributed by atoms with Crippen molar-refractivity contribution in [2.24, 2.45) is 0 Å². The van der Waals surface area contributed by atoms with Gasteiger partial charge in [0.25, 0.3) is 0 Å². The first-order valence-electron chi connectivity index (χ1n) is 9.45. The number of aromatic nitrogens is 6. The second-order valence-corrected chi connectivity index (χ2v) is 8.69. The fourth-order valence-corrected chi connectivity index (χ4v) is 4.35. The molecule has 3 aromatic heterocycles. The summed E-state index contributed by atoms with van der Waals surface area (Å²) in [4.78, 5) is 40.1. The van der Waals surface area contributed by atoms with Crippen LogP contribution in [0.3, 0.4) is 0 Å². The topological polar surface area (TPSA) is 224 Å². The number of aliphatic carboxylic acids is 1. The Morgan fingerprint density at radius 1 is 1.47 bits per heavy atom. The van der Waals surface area contributed by atoms with E-state index in [-0.39, 0.29) is 18.7 Å². The van der Waals surface area contributed by atoms with Crippen LogP contribution >= 0.6 is 7.75 Å². The lowest BCUT2D eigenvalue weighted by Crippen LogP contribution is -2.37. The zero-order valence-corrected chi connectivity index (χ0v) is 17.4. The van der Waals surface area contributed by atoms with E-state index in [1.807, 2.05) is 0 Å². The molecule has 5 atom stereocenters. The SMILES string of the molecule is Nc1ncnc2c1ncn2[C@H]1C[C@H](O)[C@@H](COP(=O)(O)N[C@@H](Cc2cnc[nH]2)C(=O)O)O1. The van der Waals surface area contributed by atoms with E-state index in [0.717, 1.165) is 0 Å². The number of carbonyl (C=O) groups is 1. The molecule has 3 aromatic rings. The number of nitrogens with two attached hydrogens (primary N) is 1. The Labute approximate surface area is 180 Å². The van der Waals surface area contributed by atoms with E-state index in [9.17, 15) is 24.5 Å². The molecule has 0 saturated carbocycles. The lowest BCUT2D eigenvalue weighted by Gasteiger charge is -2.21. The standard InChI is InChI=1S/C16H21N8O7P/c17-14-13-15(21-6-20-14)24(7-22-13)12-2-10(25)11(31-12)4-30-32(28,29)23-9(16(26)27)1-8-3-18-5-19-8/h3,5-7,9-12,25H,1-2,4H2,(H,18,19)(H,26,27)(H2,17,20,21)(H2,23,28,29)/t9-,10-,11+,12+/m0/s1. The number of carboxylic acid groups (broad SMARTS) is 1. The molecule has 1 aliphatic heterocycles. The number of aliphatic hydroxyl groups is 1. The number of nitrogens with one attached hydrogen (secondary N) is 2. The molecule has 32 heavy (non-hydrogen) atoms. The number of imidazole rings is 2. The molecule has 16 heteroatoms. The van der Waals surface area contributed by atoms with Crippen molar-refractivity contribution in [1.29, 1.82) is 0 Å². The molecule has 4 rings (SSSR count). The Morgan fingerprint density at radius 2 is 2.28 bits per heavy atom. The molecule has 0 radical (unpaired) electrons. The Bertz CT molecular complexity index is 1140. The highest BCUT2D eigenvalue weighted by Gasteiger charge is 2.38. The lowest BCUT2D eigenvalue weighted by atomic mass is 10.2. The number of hydrogen-bond donors (Lipinski definition) is 6. The number of fused-ring (bicyclic) bond motifs is 1. The molecule has 1 aliphatic rings. The Morgan fingerprint density at radius 3 is 3.00 bits per heavy atom. The molecule has 0 amide bonds. The van der Waals surface area contributed by atoms with Gasteiger partial charge in [-0.3, -0.25) is 13.9 Å². The molecular weight excluding hydrogens is 447 g/mol. The number of hydrogen-bond acceptors (Lipinski definition) is 10. The summed E-state index contributed by atoms with van der Waals surface area (Å²) in [5.41, 5.74) is 7.02. The Kier molecular flexibility index (Phi) is 6.19. The van der Waals surface area contributed by atoms with E-state index in [1.165, 1.54) is 25.2 Å². The van der Waals surface area contributed by atoms with Crippen molar-refractivity contribution in [3.05, 3.63) is 30.9 Å². The summed E-state index contributed by atoms with van der Waals surface area (Å²) >= 11 is 0. The predicted octanol–water partition coefficient (Wildman–Crippen LogP) is -0.817. The van der Waals surface area contributed by atoms with Crippen molar-refractivity contribution in [2.75, 3.05) is 12.3 Å². The molecule has 4 heterocycles. The molecule has 1 unspecified atom stereocenters. The van der Waals surface area contributed by atoms with Crippen molar-refractivity contribution >= 4 is 30.7 Å². The minimum atomic E-state index is -4.54. The van der Waals surface area contributed by atoms with Crippen LogP contribution in [-0.2, 0) is 25.0 Å². The average molecular weight is 468 g/mol. The molecule has 172 valence electrons. The number of rotatable bonds is 9. The van der Waals surface area contributed by atoms with E-state index >= 15 is 0 Å². The first kappa shape index (κ1) is 22.3. The first-order valence-corrected chi connectivity index (χ1v) is 11.0. The van der Waals surface area contributed by atoms with Gasteiger partial charge in [0, 0.05) is 24.7 Å². The van der Waals surface area contributed by atoms with Gasteiger partial charge in [-0.2, -0.15) is 0 Å². The Hall–Kier alpha value is -2.94. The molecule has 7 N–H and O–H groups in total. The van der Waals surface area contributed by atoms with E-state index in [2.05, 4.69) is 30.0 Å². The van der Waals surface area contributed by atoms with Gasteiger partial charge in [0.1, 0.15) is 30.2 Å². The van der Waals surface area contributed by atoms with Crippen LogP contribution in [0.5, 0.6) is 0 Å². The second-order valence-electron chi connectivity index (χ2n) is 7.13. The number of ether oxygens (including phenoxy) is 1. The van der Waals surface area contributed by atoms with Gasteiger partial charge in [-0.15, -0.1) is 0 Å². The molecule has 0 spiro atoms. The van der Waals surface area contributed by atoms with Gasteiger partial charge >= 0.3 is 13.7 Å². The summed E-state index contributed by atoms with van der Waals surface area (Å²) in [5, 5.41) is 21.8. The van der Waals surface area contributed by atoms with Crippen LogP contribution in [0, 0.1) is 0 Å². The van der Waals surface area contributed by atoms with Gasteiger partial charge in [-0.05, 0) is 0 Å². The van der Waals surface area contributed by atoms with Crippen molar-refractivity contribution in [3.8, 4) is 0 Å². The summed E-state index contributed by atoms with van der Waals surface area (Å²) in [5.74, 6) is -1.15. The largest absolute Gasteiger partial charge is 0.480 e. The van der Waals surface area contributed by atoms with Crippen LogP contribution in [0.25, 0.3) is 11.2 Å². The van der Waals surface area contributed by atoms with E-state index in [1.54, 1.807) is 4.57 Å². The zero-order chi connectivity index (χ0) is 22.9. The van der Waals surface area contributed by atoms with Gasteiger partial charge in [0.05, 0.1) is 25.4 Å². The summed E-state index contributed by atoms with van der Waals surface area (Å²) in [6.45, 7) is -0.460. The van der Waals surface area contributed by atoms with Crippen LogP contribution in [0.15, 0.2) is 25.2 Å². The zero-order valence-electron chi connectivity index (χ0n) is 16.5. The van der Waals surface area contributed by atoms with Crippen LogP contribution in [0.4, 0.5) is 5.82 Å². The number of nitrogen functional groups attached to an aromatic ring is 1. The number of aromatic amines is 1. The highest BCUT2D eigenvalue weighted by Crippen LogP contribution is 2.40. The number of aliphatic hydroxyl groups excluding tert-OH is 1. The highest BCUT2D eigenvalue weighted by atomic mass is 31.2.